The number of H-pyrrole nitrogens is 1. The topological polar surface area (TPSA) is 56.4 Å². The van der Waals surface area contributed by atoms with Crippen LogP contribution in [-0.2, 0) is 17.8 Å². The van der Waals surface area contributed by atoms with Gasteiger partial charge in [0.05, 0.1) is 6.54 Å². The van der Waals surface area contributed by atoms with Crippen LogP contribution in [0.4, 0.5) is 9.18 Å². The molecule has 3 amide bonds. The van der Waals surface area contributed by atoms with Gasteiger partial charge in [-0.3, -0.25) is 14.6 Å². The fourth-order valence-electron chi connectivity index (χ4n) is 5.04. The van der Waals surface area contributed by atoms with E-state index in [4.69, 9.17) is 11.6 Å². The van der Waals surface area contributed by atoms with Gasteiger partial charge in [-0.05, 0) is 47.0 Å². The van der Waals surface area contributed by atoms with Crippen LogP contribution in [0.25, 0.3) is 10.9 Å². The van der Waals surface area contributed by atoms with Crippen molar-refractivity contribution in [3.05, 3.63) is 106 Å². The average Bonchev–Trinajstić information content (AvgIpc) is 3.31. The normalized spacial score (nSPS) is 19.8. The van der Waals surface area contributed by atoms with E-state index in [0.29, 0.717) is 17.0 Å². The van der Waals surface area contributed by atoms with E-state index in [0.717, 1.165) is 27.7 Å². The first kappa shape index (κ1) is 20.0. The van der Waals surface area contributed by atoms with Crippen LogP contribution in [0.3, 0.4) is 0 Å². The van der Waals surface area contributed by atoms with Crippen LogP contribution >= 0.6 is 11.6 Å². The summed E-state index contributed by atoms with van der Waals surface area (Å²) in [6.07, 6.45) is 0.438. The maximum Gasteiger partial charge on any atom is 0.328 e. The SMILES string of the molecule is O=C1[C@@H]2Cc3c([nH]c4ccccc34)[C@@H](c3ccc(Cl)cc3)N2C(=O)N1Cc1ccc(F)cc1. The van der Waals surface area contributed by atoms with Gasteiger partial charge in [-0.25, -0.2) is 9.18 Å². The number of hydrogen-bond donors (Lipinski definition) is 1. The van der Waals surface area contributed by atoms with Crippen molar-refractivity contribution in [2.24, 2.45) is 0 Å². The van der Waals surface area contributed by atoms with Gasteiger partial charge in [0.1, 0.15) is 17.9 Å². The van der Waals surface area contributed by atoms with Gasteiger partial charge in [0, 0.05) is 28.0 Å². The van der Waals surface area contributed by atoms with Gasteiger partial charge in [0.15, 0.2) is 0 Å². The molecule has 2 aliphatic heterocycles. The Bertz CT molecular complexity index is 1400. The fourth-order valence-corrected chi connectivity index (χ4v) is 5.16. The largest absolute Gasteiger partial charge is 0.356 e. The van der Waals surface area contributed by atoms with Gasteiger partial charge in [-0.1, -0.05) is 54.1 Å². The van der Waals surface area contributed by atoms with E-state index < -0.39 is 12.1 Å². The lowest BCUT2D eigenvalue weighted by molar-refractivity contribution is -0.129. The Morgan fingerprint density at radius 2 is 1.70 bits per heavy atom. The number of para-hydroxylation sites is 1. The zero-order valence-corrected chi connectivity index (χ0v) is 18.2. The Morgan fingerprint density at radius 1 is 0.970 bits per heavy atom. The van der Waals surface area contributed by atoms with Crippen molar-refractivity contribution in [2.45, 2.75) is 25.0 Å². The molecule has 0 spiro atoms. The Balaban J connectivity index is 1.47. The van der Waals surface area contributed by atoms with Gasteiger partial charge in [-0.2, -0.15) is 0 Å². The molecule has 0 aliphatic carbocycles. The molecule has 2 atom stereocenters. The summed E-state index contributed by atoms with van der Waals surface area (Å²) >= 11 is 6.13. The molecule has 0 radical (unpaired) electrons. The molecule has 1 N–H and O–H groups in total. The van der Waals surface area contributed by atoms with E-state index in [9.17, 15) is 14.0 Å². The third kappa shape index (κ3) is 3.13. The van der Waals surface area contributed by atoms with Gasteiger partial charge in [0.25, 0.3) is 5.91 Å². The van der Waals surface area contributed by atoms with Gasteiger partial charge in [-0.15, -0.1) is 0 Å². The standard InChI is InChI=1S/C26H19ClFN3O2/c27-17-9-7-16(8-10-17)24-23-20(19-3-1-2-4-21(19)29-23)13-22-25(32)30(26(33)31(22)24)14-15-5-11-18(28)12-6-15/h1-12,22,24,29H,13-14H2/t22-,24+/m0/s1. The lowest BCUT2D eigenvalue weighted by Crippen LogP contribution is -2.44. The molecule has 0 saturated carbocycles. The third-order valence-corrected chi connectivity index (χ3v) is 6.83. The highest BCUT2D eigenvalue weighted by molar-refractivity contribution is 6.30. The molecule has 1 saturated heterocycles. The van der Waals surface area contributed by atoms with Crippen LogP contribution in [-0.4, -0.2) is 32.8 Å². The second-order valence-electron chi connectivity index (χ2n) is 8.48. The van der Waals surface area contributed by atoms with Crippen molar-refractivity contribution >= 4 is 34.4 Å². The second-order valence-corrected chi connectivity index (χ2v) is 8.91. The lowest BCUT2D eigenvalue weighted by atomic mass is 9.89. The lowest BCUT2D eigenvalue weighted by Gasteiger charge is -2.36. The zero-order chi connectivity index (χ0) is 22.7. The number of amides is 3. The zero-order valence-electron chi connectivity index (χ0n) is 17.5. The fraction of sp³-hybridized carbons (Fsp3) is 0.154. The highest BCUT2D eigenvalue weighted by Crippen LogP contribution is 2.44. The van der Waals surface area contributed by atoms with Crippen molar-refractivity contribution in [2.75, 3.05) is 0 Å². The second kappa shape index (κ2) is 7.46. The minimum Gasteiger partial charge on any atom is -0.356 e. The first-order chi connectivity index (χ1) is 16.0. The highest BCUT2D eigenvalue weighted by Gasteiger charge is 2.52. The number of hydrogen-bond acceptors (Lipinski definition) is 2. The van der Waals surface area contributed by atoms with Crippen molar-refractivity contribution in [1.29, 1.82) is 0 Å². The average molecular weight is 460 g/mol. The quantitative estimate of drug-likeness (QED) is 0.415. The minimum absolute atomic E-state index is 0.104. The van der Waals surface area contributed by atoms with E-state index >= 15 is 0 Å². The van der Waals surface area contributed by atoms with Crippen molar-refractivity contribution in [3.8, 4) is 0 Å². The minimum atomic E-state index is -0.606. The molecule has 6 rings (SSSR count). The number of carbonyl (C=O) groups is 2. The number of imide groups is 1. The third-order valence-electron chi connectivity index (χ3n) is 6.57. The Labute approximate surface area is 194 Å². The molecule has 0 unspecified atom stereocenters. The van der Waals surface area contributed by atoms with Crippen LogP contribution in [0.1, 0.15) is 28.4 Å². The molecule has 1 aromatic heterocycles. The summed E-state index contributed by atoms with van der Waals surface area (Å²) < 4.78 is 13.3. The van der Waals surface area contributed by atoms with Crippen LogP contribution < -0.4 is 0 Å². The Morgan fingerprint density at radius 3 is 2.45 bits per heavy atom. The predicted molar refractivity (Wildman–Crippen MR) is 123 cm³/mol. The molecule has 0 bridgehead atoms. The van der Waals surface area contributed by atoms with Crippen molar-refractivity contribution in [1.82, 2.24) is 14.8 Å². The monoisotopic (exact) mass is 459 g/mol. The predicted octanol–water partition coefficient (Wildman–Crippen LogP) is 5.44. The number of nitrogens with zero attached hydrogens (tertiary/aromatic N) is 2. The van der Waals surface area contributed by atoms with Crippen LogP contribution in [0.5, 0.6) is 0 Å². The maximum atomic E-state index is 13.6. The van der Waals surface area contributed by atoms with E-state index in [2.05, 4.69) is 4.98 Å². The molecule has 5 nitrogen and oxygen atoms in total. The Kier molecular flexibility index (Phi) is 4.52. The van der Waals surface area contributed by atoms with Crippen LogP contribution in [0, 0.1) is 5.82 Å². The summed E-state index contributed by atoms with van der Waals surface area (Å²) in [5.74, 6) is -0.595. The number of benzene rings is 3. The van der Waals surface area contributed by atoms with Gasteiger partial charge in [0.2, 0.25) is 0 Å². The van der Waals surface area contributed by atoms with Crippen molar-refractivity contribution in [3.63, 3.8) is 0 Å². The molecule has 4 aromatic rings. The summed E-state index contributed by atoms with van der Waals surface area (Å²) in [4.78, 5) is 33.5. The molecular weight excluding hydrogens is 441 g/mol. The number of rotatable bonds is 3. The van der Waals surface area contributed by atoms with E-state index in [-0.39, 0.29) is 24.3 Å². The molecule has 164 valence electrons. The molecule has 1 fully saturated rings. The molecular formula is C26H19ClFN3O2. The summed E-state index contributed by atoms with van der Waals surface area (Å²) in [7, 11) is 0. The van der Waals surface area contributed by atoms with Crippen molar-refractivity contribution < 1.29 is 14.0 Å². The summed E-state index contributed by atoms with van der Waals surface area (Å²) in [6, 6.07) is 19.8. The molecule has 3 heterocycles. The first-order valence-electron chi connectivity index (χ1n) is 10.7. The summed E-state index contributed by atoms with van der Waals surface area (Å²) in [5.41, 5.74) is 4.52. The number of halogens is 2. The number of aromatic nitrogens is 1. The Hall–Kier alpha value is -3.64. The highest BCUT2D eigenvalue weighted by atomic mass is 35.5. The number of aromatic amines is 1. The first-order valence-corrected chi connectivity index (χ1v) is 11.1. The maximum absolute atomic E-state index is 13.6. The van der Waals surface area contributed by atoms with E-state index in [1.54, 1.807) is 29.2 Å². The molecule has 33 heavy (non-hydrogen) atoms. The number of urea groups is 1. The number of carbonyl (C=O) groups excluding carboxylic acids is 2. The van der Waals surface area contributed by atoms with Crippen LogP contribution in [0.2, 0.25) is 5.02 Å². The smallest absolute Gasteiger partial charge is 0.328 e. The van der Waals surface area contributed by atoms with Crippen LogP contribution in [0.15, 0.2) is 72.8 Å². The van der Waals surface area contributed by atoms with E-state index in [1.807, 2.05) is 36.4 Å². The van der Waals surface area contributed by atoms with Gasteiger partial charge >= 0.3 is 6.03 Å². The van der Waals surface area contributed by atoms with E-state index in [1.165, 1.54) is 17.0 Å². The van der Waals surface area contributed by atoms with Gasteiger partial charge < -0.3 is 4.98 Å². The molecule has 2 aliphatic rings. The molecule has 7 heteroatoms. The number of fused-ring (bicyclic) bond motifs is 4. The molecule has 3 aromatic carbocycles. The number of nitrogens with one attached hydrogen (secondary N) is 1. The summed E-state index contributed by atoms with van der Waals surface area (Å²) in [6.45, 7) is 0.104. The summed E-state index contributed by atoms with van der Waals surface area (Å²) in [5, 5.41) is 1.66.